The van der Waals surface area contributed by atoms with Gasteiger partial charge in [0, 0.05) is 16.6 Å². The van der Waals surface area contributed by atoms with Crippen molar-refractivity contribution in [1.82, 2.24) is 4.90 Å². The SMILES string of the molecule is Cc1cc(C(=O)N2CCOC(C(=O)O)C2)ccc1Br. The van der Waals surface area contributed by atoms with Crippen LogP contribution in [0.1, 0.15) is 15.9 Å². The Bertz CT molecular complexity index is 517. The van der Waals surface area contributed by atoms with Crippen LogP contribution in [0.25, 0.3) is 0 Å². The summed E-state index contributed by atoms with van der Waals surface area (Å²) in [5.74, 6) is -1.20. The molecule has 1 aliphatic heterocycles. The first kappa shape index (κ1) is 14.0. The Balaban J connectivity index is 2.14. The van der Waals surface area contributed by atoms with E-state index in [1.54, 1.807) is 12.1 Å². The number of carbonyl (C=O) groups is 2. The van der Waals surface area contributed by atoms with Crippen LogP contribution in [0.15, 0.2) is 22.7 Å². The third-order valence-corrected chi connectivity index (χ3v) is 3.92. The molecule has 1 aliphatic rings. The van der Waals surface area contributed by atoms with Crippen LogP contribution in [0, 0.1) is 6.92 Å². The monoisotopic (exact) mass is 327 g/mol. The van der Waals surface area contributed by atoms with Gasteiger partial charge in [-0.2, -0.15) is 0 Å². The Morgan fingerprint density at radius 1 is 1.47 bits per heavy atom. The second-order valence-electron chi connectivity index (χ2n) is 4.41. The van der Waals surface area contributed by atoms with Gasteiger partial charge in [-0.1, -0.05) is 15.9 Å². The van der Waals surface area contributed by atoms with Crippen molar-refractivity contribution in [2.24, 2.45) is 0 Å². The summed E-state index contributed by atoms with van der Waals surface area (Å²) in [6.07, 6.45) is -0.936. The molecular formula is C13H14BrNO4. The van der Waals surface area contributed by atoms with E-state index in [2.05, 4.69) is 15.9 Å². The molecule has 1 heterocycles. The number of amides is 1. The first-order chi connectivity index (χ1) is 8.99. The summed E-state index contributed by atoms with van der Waals surface area (Å²) in [5, 5.41) is 8.92. The van der Waals surface area contributed by atoms with Gasteiger partial charge in [0.25, 0.3) is 5.91 Å². The fourth-order valence-corrected chi connectivity index (χ4v) is 2.19. The number of aliphatic carboxylic acids is 1. The van der Waals surface area contributed by atoms with Gasteiger partial charge in [0.15, 0.2) is 6.10 Å². The second-order valence-corrected chi connectivity index (χ2v) is 5.27. The summed E-state index contributed by atoms with van der Waals surface area (Å²) in [4.78, 5) is 24.7. The first-order valence-corrected chi connectivity index (χ1v) is 6.68. The highest BCUT2D eigenvalue weighted by molar-refractivity contribution is 9.10. The number of carboxylic acid groups (broad SMARTS) is 1. The van der Waals surface area contributed by atoms with Gasteiger partial charge >= 0.3 is 5.97 Å². The largest absolute Gasteiger partial charge is 0.479 e. The Kier molecular flexibility index (Phi) is 4.21. The molecule has 1 saturated heterocycles. The molecule has 0 aliphatic carbocycles. The predicted octanol–water partition coefficient (Wildman–Crippen LogP) is 1.68. The smallest absolute Gasteiger partial charge is 0.334 e. The summed E-state index contributed by atoms with van der Waals surface area (Å²) in [7, 11) is 0. The number of hydrogen-bond acceptors (Lipinski definition) is 3. The summed E-state index contributed by atoms with van der Waals surface area (Å²) in [6, 6.07) is 5.33. The lowest BCUT2D eigenvalue weighted by atomic mass is 10.1. The van der Waals surface area contributed by atoms with Gasteiger partial charge in [-0.05, 0) is 30.7 Å². The predicted molar refractivity (Wildman–Crippen MR) is 72.2 cm³/mol. The van der Waals surface area contributed by atoms with Crippen LogP contribution in [0.4, 0.5) is 0 Å². The third-order valence-electron chi connectivity index (χ3n) is 3.03. The second kappa shape index (κ2) is 5.71. The number of morpholine rings is 1. The number of ether oxygens (including phenoxy) is 1. The molecule has 1 unspecified atom stereocenters. The topological polar surface area (TPSA) is 66.8 Å². The zero-order chi connectivity index (χ0) is 14.0. The van der Waals surface area contributed by atoms with Gasteiger partial charge in [0.05, 0.1) is 13.2 Å². The van der Waals surface area contributed by atoms with E-state index in [1.165, 1.54) is 4.90 Å². The van der Waals surface area contributed by atoms with E-state index in [0.29, 0.717) is 12.1 Å². The number of benzene rings is 1. The molecule has 0 spiro atoms. The summed E-state index contributed by atoms with van der Waals surface area (Å²) in [5.41, 5.74) is 1.53. The molecule has 19 heavy (non-hydrogen) atoms. The van der Waals surface area contributed by atoms with Crippen LogP contribution in [-0.4, -0.2) is 47.7 Å². The van der Waals surface area contributed by atoms with Crippen molar-refractivity contribution < 1.29 is 19.4 Å². The molecule has 1 amide bonds. The number of hydrogen-bond donors (Lipinski definition) is 1. The molecule has 0 radical (unpaired) electrons. The van der Waals surface area contributed by atoms with E-state index in [-0.39, 0.29) is 19.1 Å². The molecule has 1 N–H and O–H groups in total. The van der Waals surface area contributed by atoms with Crippen LogP contribution >= 0.6 is 15.9 Å². The van der Waals surface area contributed by atoms with E-state index in [0.717, 1.165) is 10.0 Å². The fourth-order valence-electron chi connectivity index (χ4n) is 1.94. The quantitative estimate of drug-likeness (QED) is 0.897. The minimum atomic E-state index is -1.04. The maximum absolute atomic E-state index is 12.3. The lowest BCUT2D eigenvalue weighted by Crippen LogP contribution is -2.48. The van der Waals surface area contributed by atoms with Crippen LogP contribution in [0.3, 0.4) is 0 Å². The molecule has 102 valence electrons. The van der Waals surface area contributed by atoms with E-state index < -0.39 is 12.1 Å². The average Bonchev–Trinajstić information content (AvgIpc) is 2.41. The standard InChI is InChI=1S/C13H14BrNO4/c1-8-6-9(2-3-10(8)14)12(16)15-4-5-19-11(7-15)13(17)18/h2-3,6,11H,4-5,7H2,1H3,(H,17,18). The Morgan fingerprint density at radius 3 is 2.84 bits per heavy atom. The highest BCUT2D eigenvalue weighted by Crippen LogP contribution is 2.19. The van der Waals surface area contributed by atoms with Crippen LogP contribution in [-0.2, 0) is 9.53 Å². The van der Waals surface area contributed by atoms with Gasteiger partial charge in [0.2, 0.25) is 0 Å². The summed E-state index contributed by atoms with van der Waals surface area (Å²) in [6.45, 7) is 2.65. The molecule has 2 rings (SSSR count). The molecule has 0 aromatic heterocycles. The molecule has 1 fully saturated rings. The van der Waals surface area contributed by atoms with E-state index >= 15 is 0 Å². The van der Waals surface area contributed by atoms with Crippen molar-refractivity contribution in [3.05, 3.63) is 33.8 Å². The third kappa shape index (κ3) is 3.13. The fraction of sp³-hybridized carbons (Fsp3) is 0.385. The Hall–Kier alpha value is -1.40. The van der Waals surface area contributed by atoms with E-state index in [1.807, 2.05) is 13.0 Å². The van der Waals surface area contributed by atoms with Gasteiger partial charge in [0.1, 0.15) is 0 Å². The molecule has 1 atom stereocenters. The van der Waals surface area contributed by atoms with Crippen molar-refractivity contribution in [2.45, 2.75) is 13.0 Å². The highest BCUT2D eigenvalue weighted by atomic mass is 79.9. The molecule has 6 heteroatoms. The zero-order valence-corrected chi connectivity index (χ0v) is 12.0. The molecule has 1 aromatic rings. The molecule has 0 bridgehead atoms. The number of nitrogens with zero attached hydrogens (tertiary/aromatic N) is 1. The van der Waals surface area contributed by atoms with Gasteiger partial charge in [-0.3, -0.25) is 4.79 Å². The number of carboxylic acids is 1. The summed E-state index contributed by atoms with van der Waals surface area (Å²) < 4.78 is 6.04. The Labute approximate surface area is 119 Å². The van der Waals surface area contributed by atoms with Gasteiger partial charge in [-0.15, -0.1) is 0 Å². The van der Waals surface area contributed by atoms with Gasteiger partial charge in [-0.25, -0.2) is 4.79 Å². The highest BCUT2D eigenvalue weighted by Gasteiger charge is 2.29. The van der Waals surface area contributed by atoms with Crippen molar-refractivity contribution in [2.75, 3.05) is 19.7 Å². The summed E-state index contributed by atoms with van der Waals surface area (Å²) >= 11 is 3.38. The van der Waals surface area contributed by atoms with Crippen molar-refractivity contribution in [3.63, 3.8) is 0 Å². The van der Waals surface area contributed by atoms with E-state index in [4.69, 9.17) is 9.84 Å². The average molecular weight is 328 g/mol. The van der Waals surface area contributed by atoms with Crippen LogP contribution in [0.5, 0.6) is 0 Å². The van der Waals surface area contributed by atoms with Crippen molar-refractivity contribution in [1.29, 1.82) is 0 Å². The Morgan fingerprint density at radius 2 is 2.21 bits per heavy atom. The number of carbonyl (C=O) groups excluding carboxylic acids is 1. The van der Waals surface area contributed by atoms with Crippen LogP contribution in [0.2, 0.25) is 0 Å². The number of halogens is 1. The van der Waals surface area contributed by atoms with Crippen molar-refractivity contribution >= 4 is 27.8 Å². The van der Waals surface area contributed by atoms with Crippen molar-refractivity contribution in [3.8, 4) is 0 Å². The lowest BCUT2D eigenvalue weighted by molar-refractivity contribution is -0.154. The van der Waals surface area contributed by atoms with Gasteiger partial charge < -0.3 is 14.7 Å². The molecule has 1 aromatic carbocycles. The number of aryl methyl sites for hydroxylation is 1. The first-order valence-electron chi connectivity index (χ1n) is 5.89. The van der Waals surface area contributed by atoms with E-state index in [9.17, 15) is 9.59 Å². The molecule has 0 saturated carbocycles. The minimum absolute atomic E-state index is 0.0866. The lowest BCUT2D eigenvalue weighted by Gasteiger charge is -2.31. The maximum atomic E-state index is 12.3. The molecular weight excluding hydrogens is 314 g/mol. The van der Waals surface area contributed by atoms with Crippen LogP contribution < -0.4 is 0 Å². The molecule has 5 nitrogen and oxygen atoms in total. The maximum Gasteiger partial charge on any atom is 0.334 e. The zero-order valence-electron chi connectivity index (χ0n) is 10.4. The normalized spacial score (nSPS) is 19.3. The number of rotatable bonds is 2. The minimum Gasteiger partial charge on any atom is -0.479 e.